The molecular weight excluding hydrogens is 280 g/mol. The SMILES string of the molecule is CN(C)C(=O)c1ccc([N+](=O)[O-])c(NCCOC(N)=O)c1. The molecule has 0 aliphatic rings. The van der Waals surface area contributed by atoms with Crippen molar-refractivity contribution in [3.63, 3.8) is 0 Å². The van der Waals surface area contributed by atoms with Gasteiger partial charge in [-0.2, -0.15) is 0 Å². The van der Waals surface area contributed by atoms with Crippen LogP contribution in [0, 0.1) is 10.1 Å². The fraction of sp³-hybridized carbons (Fsp3) is 0.333. The van der Waals surface area contributed by atoms with Gasteiger partial charge < -0.3 is 20.7 Å². The number of ether oxygens (including phenoxy) is 1. The van der Waals surface area contributed by atoms with Crippen LogP contribution in [-0.4, -0.2) is 49.1 Å². The third kappa shape index (κ3) is 4.64. The second kappa shape index (κ2) is 7.08. The number of primary amides is 1. The minimum atomic E-state index is -0.928. The molecule has 1 rings (SSSR count). The summed E-state index contributed by atoms with van der Waals surface area (Å²) < 4.78 is 4.51. The minimum Gasteiger partial charge on any atom is -0.448 e. The van der Waals surface area contributed by atoms with Crippen LogP contribution >= 0.6 is 0 Å². The zero-order valence-corrected chi connectivity index (χ0v) is 11.7. The van der Waals surface area contributed by atoms with Crippen molar-refractivity contribution in [2.75, 3.05) is 32.6 Å². The minimum absolute atomic E-state index is 0.0433. The van der Waals surface area contributed by atoms with E-state index in [1.54, 1.807) is 14.1 Å². The maximum absolute atomic E-state index is 11.8. The van der Waals surface area contributed by atoms with Crippen LogP contribution in [0.15, 0.2) is 18.2 Å². The maximum Gasteiger partial charge on any atom is 0.404 e. The Morgan fingerprint density at radius 3 is 2.62 bits per heavy atom. The van der Waals surface area contributed by atoms with Crippen LogP contribution in [-0.2, 0) is 4.74 Å². The molecule has 0 bridgehead atoms. The highest BCUT2D eigenvalue weighted by atomic mass is 16.6. The molecule has 9 nitrogen and oxygen atoms in total. The molecule has 0 aliphatic carbocycles. The number of nitrogens with zero attached hydrogens (tertiary/aromatic N) is 2. The van der Waals surface area contributed by atoms with Gasteiger partial charge in [-0.15, -0.1) is 0 Å². The van der Waals surface area contributed by atoms with Gasteiger partial charge in [-0.05, 0) is 12.1 Å². The number of hydrogen-bond donors (Lipinski definition) is 2. The van der Waals surface area contributed by atoms with E-state index in [1.165, 1.54) is 23.1 Å². The number of benzene rings is 1. The van der Waals surface area contributed by atoms with Crippen molar-refractivity contribution in [1.29, 1.82) is 0 Å². The molecule has 0 aromatic heterocycles. The number of nitrogens with one attached hydrogen (secondary N) is 1. The predicted octanol–water partition coefficient (Wildman–Crippen LogP) is 0.804. The summed E-state index contributed by atoms with van der Waals surface area (Å²) in [6.45, 7) is 0.0850. The molecule has 0 saturated carbocycles. The first-order valence-electron chi connectivity index (χ1n) is 5.99. The summed E-state index contributed by atoms with van der Waals surface area (Å²) in [4.78, 5) is 34.0. The molecule has 0 radical (unpaired) electrons. The third-order valence-electron chi connectivity index (χ3n) is 2.51. The molecule has 0 heterocycles. The molecule has 0 fully saturated rings. The van der Waals surface area contributed by atoms with Gasteiger partial charge >= 0.3 is 6.09 Å². The zero-order valence-electron chi connectivity index (χ0n) is 11.7. The fourth-order valence-electron chi connectivity index (χ4n) is 1.57. The number of anilines is 1. The van der Waals surface area contributed by atoms with E-state index in [9.17, 15) is 19.7 Å². The summed E-state index contributed by atoms with van der Waals surface area (Å²) in [6.07, 6.45) is -0.928. The molecule has 0 atom stereocenters. The lowest BCUT2D eigenvalue weighted by Gasteiger charge is -2.12. The third-order valence-corrected chi connectivity index (χ3v) is 2.51. The topological polar surface area (TPSA) is 128 Å². The monoisotopic (exact) mass is 296 g/mol. The Morgan fingerprint density at radius 1 is 1.43 bits per heavy atom. The lowest BCUT2D eigenvalue weighted by molar-refractivity contribution is -0.384. The van der Waals surface area contributed by atoms with E-state index in [2.05, 4.69) is 10.1 Å². The van der Waals surface area contributed by atoms with Crippen molar-refractivity contribution in [1.82, 2.24) is 4.90 Å². The van der Waals surface area contributed by atoms with E-state index in [4.69, 9.17) is 5.73 Å². The second-order valence-corrected chi connectivity index (χ2v) is 4.28. The average molecular weight is 296 g/mol. The van der Waals surface area contributed by atoms with E-state index >= 15 is 0 Å². The number of nitrogens with two attached hydrogens (primary N) is 1. The highest BCUT2D eigenvalue weighted by Gasteiger charge is 2.17. The number of carbonyl (C=O) groups is 2. The van der Waals surface area contributed by atoms with Crippen molar-refractivity contribution in [3.8, 4) is 0 Å². The predicted molar refractivity (Wildman–Crippen MR) is 75.1 cm³/mol. The summed E-state index contributed by atoms with van der Waals surface area (Å²) in [5.74, 6) is -0.277. The van der Waals surface area contributed by atoms with Gasteiger partial charge in [0.05, 0.1) is 4.92 Å². The number of nitro benzene ring substituents is 1. The molecule has 114 valence electrons. The summed E-state index contributed by atoms with van der Waals surface area (Å²) in [5.41, 5.74) is 5.10. The van der Waals surface area contributed by atoms with Crippen molar-refractivity contribution in [2.24, 2.45) is 5.73 Å². The number of hydrogen-bond acceptors (Lipinski definition) is 6. The van der Waals surface area contributed by atoms with E-state index in [0.29, 0.717) is 5.56 Å². The van der Waals surface area contributed by atoms with Gasteiger partial charge in [0.2, 0.25) is 0 Å². The Labute approximate surface area is 120 Å². The van der Waals surface area contributed by atoms with Crippen molar-refractivity contribution >= 4 is 23.4 Å². The molecule has 2 amide bonds. The highest BCUT2D eigenvalue weighted by molar-refractivity contribution is 5.95. The number of rotatable bonds is 6. The van der Waals surface area contributed by atoms with Gasteiger partial charge in [-0.25, -0.2) is 4.79 Å². The molecule has 0 aliphatic heterocycles. The first kappa shape index (κ1) is 16.2. The van der Waals surface area contributed by atoms with Gasteiger partial charge in [-0.3, -0.25) is 14.9 Å². The van der Waals surface area contributed by atoms with Gasteiger partial charge in [0.1, 0.15) is 12.3 Å². The zero-order chi connectivity index (χ0) is 16.0. The average Bonchev–Trinajstić information content (AvgIpc) is 2.42. The molecule has 9 heteroatoms. The van der Waals surface area contributed by atoms with E-state index in [-0.39, 0.29) is 30.4 Å². The summed E-state index contributed by atoms with van der Waals surface area (Å²) >= 11 is 0. The van der Waals surface area contributed by atoms with Crippen molar-refractivity contribution in [2.45, 2.75) is 0 Å². The molecule has 1 aromatic carbocycles. The van der Waals surface area contributed by atoms with Crippen LogP contribution in [0.4, 0.5) is 16.2 Å². The van der Waals surface area contributed by atoms with Crippen molar-refractivity contribution < 1.29 is 19.2 Å². The Bertz CT molecular complexity index is 559. The number of carbonyl (C=O) groups excluding carboxylic acids is 2. The molecule has 0 unspecified atom stereocenters. The first-order valence-corrected chi connectivity index (χ1v) is 5.99. The molecular formula is C12H16N4O5. The van der Waals surface area contributed by atoms with Crippen LogP contribution in [0.1, 0.15) is 10.4 Å². The molecule has 3 N–H and O–H groups in total. The fourth-order valence-corrected chi connectivity index (χ4v) is 1.57. The Balaban J connectivity index is 2.91. The van der Waals surface area contributed by atoms with Crippen molar-refractivity contribution in [3.05, 3.63) is 33.9 Å². The van der Waals surface area contributed by atoms with Gasteiger partial charge in [-0.1, -0.05) is 0 Å². The van der Waals surface area contributed by atoms with Gasteiger partial charge in [0.15, 0.2) is 0 Å². The summed E-state index contributed by atoms with van der Waals surface area (Å²) in [5, 5.41) is 13.7. The Hall–Kier alpha value is -2.84. The molecule has 0 spiro atoms. The normalized spacial score (nSPS) is 9.81. The lowest BCUT2D eigenvalue weighted by atomic mass is 10.1. The van der Waals surface area contributed by atoms with E-state index in [0.717, 1.165) is 0 Å². The largest absolute Gasteiger partial charge is 0.448 e. The Morgan fingerprint density at radius 2 is 2.10 bits per heavy atom. The van der Waals surface area contributed by atoms with Crippen LogP contribution in [0.5, 0.6) is 0 Å². The maximum atomic E-state index is 11.8. The molecule has 21 heavy (non-hydrogen) atoms. The Kier molecular flexibility index (Phi) is 5.47. The van der Waals surface area contributed by atoms with Crippen LogP contribution in [0.3, 0.4) is 0 Å². The summed E-state index contributed by atoms with van der Waals surface area (Å²) in [6, 6.07) is 4.00. The lowest BCUT2D eigenvalue weighted by Crippen LogP contribution is -2.22. The van der Waals surface area contributed by atoms with Gasteiger partial charge in [0.25, 0.3) is 11.6 Å². The quantitative estimate of drug-likeness (QED) is 0.454. The van der Waals surface area contributed by atoms with Crippen LogP contribution in [0.25, 0.3) is 0 Å². The van der Waals surface area contributed by atoms with E-state index in [1.807, 2.05) is 0 Å². The van der Waals surface area contributed by atoms with Crippen LogP contribution < -0.4 is 11.1 Å². The molecule has 1 aromatic rings. The number of amides is 2. The molecule has 0 saturated heterocycles. The standard InChI is InChI=1S/C12H16N4O5/c1-15(2)11(17)8-3-4-10(16(19)20)9(7-8)14-5-6-21-12(13)18/h3-4,7,14H,5-6H2,1-2H3,(H2,13,18). The smallest absolute Gasteiger partial charge is 0.404 e. The number of nitro groups is 1. The first-order chi connectivity index (χ1) is 9.82. The second-order valence-electron chi connectivity index (χ2n) is 4.28. The highest BCUT2D eigenvalue weighted by Crippen LogP contribution is 2.25. The van der Waals surface area contributed by atoms with Crippen LogP contribution in [0.2, 0.25) is 0 Å². The van der Waals surface area contributed by atoms with E-state index < -0.39 is 11.0 Å². The summed E-state index contributed by atoms with van der Waals surface area (Å²) in [7, 11) is 3.16. The van der Waals surface area contributed by atoms with Gasteiger partial charge in [0, 0.05) is 32.3 Å².